The molecule has 39 heavy (non-hydrogen) atoms. The van der Waals surface area contributed by atoms with E-state index in [9.17, 15) is 22.8 Å². The second kappa shape index (κ2) is 10.9. The largest absolute Gasteiger partial charge is 0.444 e. The summed E-state index contributed by atoms with van der Waals surface area (Å²) in [6.07, 6.45) is -2.68. The molecule has 11 heteroatoms. The Bertz CT molecular complexity index is 1370. The van der Waals surface area contributed by atoms with Crippen molar-refractivity contribution in [2.45, 2.75) is 58.2 Å². The number of benzene rings is 2. The maximum Gasteiger partial charge on any atom is 0.418 e. The third kappa shape index (κ3) is 6.38. The number of nitrogens with zero attached hydrogens (tertiary/aromatic N) is 3. The molecule has 1 saturated heterocycles. The number of halogens is 4. The van der Waals surface area contributed by atoms with Crippen LogP contribution >= 0.6 is 11.6 Å². The Morgan fingerprint density at radius 3 is 2.36 bits per heavy atom. The smallest absolute Gasteiger partial charge is 0.418 e. The predicted octanol–water partition coefficient (Wildman–Crippen LogP) is 7.22. The van der Waals surface area contributed by atoms with E-state index in [0.29, 0.717) is 42.3 Å². The second-order valence-corrected chi connectivity index (χ2v) is 10.9. The molecule has 0 spiro atoms. The Morgan fingerprint density at radius 1 is 1.05 bits per heavy atom. The number of alkyl halides is 3. The number of piperidine rings is 1. The van der Waals surface area contributed by atoms with Gasteiger partial charge < -0.3 is 15.0 Å². The Morgan fingerprint density at radius 2 is 1.72 bits per heavy atom. The van der Waals surface area contributed by atoms with E-state index in [-0.39, 0.29) is 17.2 Å². The lowest BCUT2D eigenvalue weighted by Crippen LogP contribution is -2.41. The molecule has 1 aromatic heterocycles. The highest BCUT2D eigenvalue weighted by atomic mass is 35.5. The van der Waals surface area contributed by atoms with Crippen LogP contribution in [0.2, 0.25) is 5.02 Å². The number of anilines is 1. The van der Waals surface area contributed by atoms with Crippen LogP contribution in [0.4, 0.5) is 23.7 Å². The van der Waals surface area contributed by atoms with Crippen LogP contribution in [0.1, 0.15) is 66.7 Å². The van der Waals surface area contributed by atoms with Gasteiger partial charge in [-0.1, -0.05) is 29.8 Å². The molecule has 4 rings (SSSR count). The molecule has 0 saturated carbocycles. The van der Waals surface area contributed by atoms with E-state index in [1.54, 1.807) is 42.5 Å². The zero-order valence-corrected chi connectivity index (χ0v) is 22.9. The minimum absolute atomic E-state index is 0.155. The molecule has 0 atom stereocenters. The number of hydrogen-bond donors (Lipinski definition) is 1. The van der Waals surface area contributed by atoms with Crippen molar-refractivity contribution >= 4 is 29.3 Å². The minimum atomic E-state index is -4.64. The molecule has 3 aromatic rings. The number of likely N-dealkylation sites (tertiary alicyclic amines) is 1. The topological polar surface area (TPSA) is 76.5 Å². The number of amides is 2. The van der Waals surface area contributed by atoms with Gasteiger partial charge in [-0.25, -0.2) is 9.48 Å². The maximum atomic E-state index is 13.6. The number of ether oxygens (including phenoxy) is 1. The van der Waals surface area contributed by atoms with Crippen LogP contribution in [0.5, 0.6) is 0 Å². The highest BCUT2D eigenvalue weighted by Crippen LogP contribution is 2.37. The van der Waals surface area contributed by atoms with Gasteiger partial charge in [0, 0.05) is 24.0 Å². The van der Waals surface area contributed by atoms with Gasteiger partial charge in [0.05, 0.1) is 34.4 Å². The average molecular weight is 563 g/mol. The van der Waals surface area contributed by atoms with E-state index >= 15 is 0 Å². The molecule has 2 amide bonds. The fourth-order valence-corrected chi connectivity index (χ4v) is 4.80. The van der Waals surface area contributed by atoms with E-state index in [1.165, 1.54) is 24.4 Å². The number of aromatic nitrogens is 2. The monoisotopic (exact) mass is 562 g/mol. The van der Waals surface area contributed by atoms with Crippen LogP contribution < -0.4 is 5.32 Å². The van der Waals surface area contributed by atoms with Crippen molar-refractivity contribution in [3.63, 3.8) is 0 Å². The van der Waals surface area contributed by atoms with Gasteiger partial charge in [0.2, 0.25) is 0 Å². The summed E-state index contributed by atoms with van der Waals surface area (Å²) in [6.45, 7) is 7.99. The summed E-state index contributed by atoms with van der Waals surface area (Å²) in [5.74, 6) is -0.912. The predicted molar refractivity (Wildman–Crippen MR) is 142 cm³/mol. The standard InChI is InChI=1S/C28H30ClF3N4O3/c1-17-21(29)9-7-11-23(17)36-24(18-12-14-35(15-13-18)26(38)39-27(2,3)4)19(16-33-36)25(37)34-22-10-6-5-8-20(22)28(30,31)32/h5-11,16,18H,12-15H2,1-4H3,(H,34,37). The first-order valence-corrected chi connectivity index (χ1v) is 12.9. The number of carbonyl (C=O) groups excluding carboxylic acids is 2. The Hall–Kier alpha value is -3.53. The first kappa shape index (κ1) is 28.5. The van der Waals surface area contributed by atoms with Gasteiger partial charge in [-0.3, -0.25) is 4.79 Å². The van der Waals surface area contributed by atoms with Crippen LogP contribution in [0.15, 0.2) is 48.7 Å². The summed E-state index contributed by atoms with van der Waals surface area (Å²) in [5, 5.41) is 7.42. The molecule has 7 nitrogen and oxygen atoms in total. The van der Waals surface area contributed by atoms with Crippen LogP contribution in [0.3, 0.4) is 0 Å². The van der Waals surface area contributed by atoms with E-state index < -0.39 is 29.3 Å². The van der Waals surface area contributed by atoms with E-state index in [4.69, 9.17) is 16.3 Å². The summed E-state index contributed by atoms with van der Waals surface area (Å²) < 4.78 is 47.8. The van der Waals surface area contributed by atoms with Crippen molar-refractivity contribution in [1.29, 1.82) is 0 Å². The molecular formula is C28H30ClF3N4O3. The summed E-state index contributed by atoms with van der Waals surface area (Å²) in [4.78, 5) is 27.6. The molecule has 1 N–H and O–H groups in total. The highest BCUT2D eigenvalue weighted by molar-refractivity contribution is 6.31. The van der Waals surface area contributed by atoms with Gasteiger partial charge in [0.25, 0.3) is 5.91 Å². The van der Waals surface area contributed by atoms with Gasteiger partial charge >= 0.3 is 12.3 Å². The average Bonchev–Trinajstić information content (AvgIpc) is 3.29. The Labute approximate surface area is 229 Å². The van der Waals surface area contributed by atoms with Crippen LogP contribution in [-0.4, -0.2) is 45.4 Å². The third-order valence-corrected chi connectivity index (χ3v) is 6.94. The summed E-state index contributed by atoms with van der Waals surface area (Å²) in [7, 11) is 0. The lowest BCUT2D eigenvalue weighted by atomic mass is 9.90. The molecule has 0 unspecified atom stereocenters. The molecule has 2 heterocycles. The maximum absolute atomic E-state index is 13.6. The zero-order valence-electron chi connectivity index (χ0n) is 22.1. The van der Waals surface area contributed by atoms with Crippen molar-refractivity contribution in [2.24, 2.45) is 0 Å². The van der Waals surface area contributed by atoms with E-state index in [1.807, 2.05) is 13.0 Å². The Balaban J connectivity index is 1.69. The second-order valence-electron chi connectivity index (χ2n) is 10.5. The first-order chi connectivity index (χ1) is 18.3. The number of nitrogens with one attached hydrogen (secondary N) is 1. The lowest BCUT2D eigenvalue weighted by molar-refractivity contribution is -0.136. The van der Waals surface area contributed by atoms with Crippen LogP contribution in [-0.2, 0) is 10.9 Å². The van der Waals surface area contributed by atoms with Crippen molar-refractivity contribution in [1.82, 2.24) is 14.7 Å². The number of para-hydroxylation sites is 1. The Kier molecular flexibility index (Phi) is 7.97. The van der Waals surface area contributed by atoms with Gasteiger partial charge in [-0.05, 0) is 70.4 Å². The lowest BCUT2D eigenvalue weighted by Gasteiger charge is -2.34. The van der Waals surface area contributed by atoms with Crippen molar-refractivity contribution < 1.29 is 27.5 Å². The van der Waals surface area contributed by atoms with Crippen LogP contribution in [0, 0.1) is 6.92 Å². The van der Waals surface area contributed by atoms with E-state index in [0.717, 1.165) is 11.6 Å². The van der Waals surface area contributed by atoms with Crippen LogP contribution in [0.25, 0.3) is 5.69 Å². The SMILES string of the molecule is Cc1c(Cl)cccc1-n1ncc(C(=O)Nc2ccccc2C(F)(F)F)c1C1CCN(C(=O)OC(C)(C)C)CC1. The summed E-state index contributed by atoms with van der Waals surface area (Å²) in [6, 6.07) is 10.1. The molecular weight excluding hydrogens is 533 g/mol. The molecule has 1 fully saturated rings. The zero-order chi connectivity index (χ0) is 28.5. The first-order valence-electron chi connectivity index (χ1n) is 12.5. The van der Waals surface area contributed by atoms with Gasteiger partial charge in [0.15, 0.2) is 0 Å². The quantitative estimate of drug-likeness (QED) is 0.364. The van der Waals surface area contributed by atoms with Crippen molar-refractivity contribution in [2.75, 3.05) is 18.4 Å². The molecule has 0 bridgehead atoms. The van der Waals surface area contributed by atoms with Gasteiger partial charge in [-0.2, -0.15) is 18.3 Å². The summed E-state index contributed by atoms with van der Waals surface area (Å²) in [5.41, 5.74) is 0.185. The normalized spacial score (nSPS) is 14.8. The minimum Gasteiger partial charge on any atom is -0.444 e. The van der Waals surface area contributed by atoms with Crippen molar-refractivity contribution in [3.05, 3.63) is 76.1 Å². The highest BCUT2D eigenvalue weighted by Gasteiger charge is 2.35. The van der Waals surface area contributed by atoms with Crippen molar-refractivity contribution in [3.8, 4) is 5.69 Å². The number of rotatable bonds is 4. The fourth-order valence-electron chi connectivity index (χ4n) is 4.63. The molecule has 1 aliphatic rings. The molecule has 2 aromatic carbocycles. The third-order valence-electron chi connectivity index (χ3n) is 6.53. The fraction of sp³-hybridized carbons (Fsp3) is 0.393. The number of carbonyl (C=O) groups is 2. The van der Waals surface area contributed by atoms with Gasteiger partial charge in [-0.15, -0.1) is 0 Å². The summed E-state index contributed by atoms with van der Waals surface area (Å²) >= 11 is 6.36. The van der Waals surface area contributed by atoms with E-state index in [2.05, 4.69) is 10.4 Å². The molecule has 0 radical (unpaired) electrons. The molecule has 208 valence electrons. The number of hydrogen-bond acceptors (Lipinski definition) is 4. The molecule has 1 aliphatic heterocycles. The molecule has 0 aliphatic carbocycles. The van der Waals surface area contributed by atoms with Gasteiger partial charge in [0.1, 0.15) is 5.60 Å².